The van der Waals surface area contributed by atoms with Crippen LogP contribution in [0, 0.1) is 0 Å². The molecule has 0 saturated carbocycles. The molecule has 88 valence electrons. The molecule has 0 bridgehead atoms. The van der Waals surface area contributed by atoms with Crippen molar-refractivity contribution in [2.45, 2.75) is 12.2 Å². The summed E-state index contributed by atoms with van der Waals surface area (Å²) in [6, 6.07) is 6.87. The highest BCUT2D eigenvalue weighted by Gasteiger charge is 2.42. The zero-order chi connectivity index (χ0) is 12.2. The predicted octanol–water partition coefficient (Wildman–Crippen LogP) is 2.53. The fourth-order valence-electron chi connectivity index (χ4n) is 1.13. The number of hydrogen-bond donors (Lipinski definition) is 2. The maximum atomic E-state index is 12.2. The molecule has 0 aromatic heterocycles. The van der Waals surface area contributed by atoms with Crippen molar-refractivity contribution >= 4 is 24.1 Å². The number of nitrogens with one attached hydrogen (secondary N) is 1. The minimum Gasteiger partial charge on any atom is -0.374 e. The van der Waals surface area contributed by atoms with Gasteiger partial charge in [0.15, 0.2) is 0 Å². The lowest BCUT2D eigenvalue weighted by Gasteiger charge is -2.17. The first-order chi connectivity index (χ1) is 7.45. The van der Waals surface area contributed by atoms with Gasteiger partial charge in [0.25, 0.3) is 5.78 Å². The van der Waals surface area contributed by atoms with Gasteiger partial charge >= 0.3 is 6.18 Å². The standard InChI is InChI=1S/C10H10F3NOS/c11-10(12,13)9(15)8(6-16)14-7-4-2-1-3-5-7/h1-5,8,14,16H,6H2/t8-/m0/s1. The summed E-state index contributed by atoms with van der Waals surface area (Å²) < 4.78 is 36.5. The summed E-state index contributed by atoms with van der Waals surface area (Å²) in [4.78, 5) is 11.0. The number of Topliss-reactive ketones (excluding diaryl/α,β-unsaturated/α-hetero) is 1. The summed E-state index contributed by atoms with van der Waals surface area (Å²) >= 11 is 3.73. The van der Waals surface area contributed by atoms with Gasteiger partial charge in [0.1, 0.15) is 6.04 Å². The van der Waals surface area contributed by atoms with Crippen LogP contribution >= 0.6 is 12.6 Å². The van der Waals surface area contributed by atoms with E-state index < -0.39 is 18.0 Å². The van der Waals surface area contributed by atoms with Crippen molar-refractivity contribution < 1.29 is 18.0 Å². The van der Waals surface area contributed by atoms with Gasteiger partial charge in [0.2, 0.25) is 0 Å². The van der Waals surface area contributed by atoms with Gasteiger partial charge in [-0.2, -0.15) is 25.8 Å². The zero-order valence-electron chi connectivity index (χ0n) is 8.16. The fourth-order valence-corrected chi connectivity index (χ4v) is 1.38. The number of thiol groups is 1. The van der Waals surface area contributed by atoms with Crippen LogP contribution in [-0.4, -0.2) is 23.8 Å². The smallest absolute Gasteiger partial charge is 0.374 e. The predicted molar refractivity (Wildman–Crippen MR) is 58.8 cm³/mol. The molecule has 0 heterocycles. The van der Waals surface area contributed by atoms with Crippen molar-refractivity contribution in [2.24, 2.45) is 0 Å². The second kappa shape index (κ2) is 5.25. The van der Waals surface area contributed by atoms with Gasteiger partial charge in [-0.05, 0) is 12.1 Å². The number of ketones is 1. The second-order valence-electron chi connectivity index (χ2n) is 3.11. The van der Waals surface area contributed by atoms with Crippen LogP contribution in [0.3, 0.4) is 0 Å². The van der Waals surface area contributed by atoms with E-state index in [2.05, 4.69) is 17.9 Å². The van der Waals surface area contributed by atoms with Crippen molar-refractivity contribution in [2.75, 3.05) is 11.1 Å². The maximum absolute atomic E-state index is 12.2. The minimum atomic E-state index is -4.84. The van der Waals surface area contributed by atoms with E-state index in [4.69, 9.17) is 0 Å². The van der Waals surface area contributed by atoms with E-state index in [-0.39, 0.29) is 5.75 Å². The summed E-state index contributed by atoms with van der Waals surface area (Å²) in [5.74, 6) is -2.03. The summed E-state index contributed by atoms with van der Waals surface area (Å²) in [6.07, 6.45) is -4.84. The summed E-state index contributed by atoms with van der Waals surface area (Å²) in [5.41, 5.74) is 0.458. The first-order valence-electron chi connectivity index (χ1n) is 4.48. The van der Waals surface area contributed by atoms with E-state index in [9.17, 15) is 18.0 Å². The van der Waals surface area contributed by atoms with Gasteiger partial charge in [0, 0.05) is 11.4 Å². The Morgan fingerprint density at radius 2 is 1.88 bits per heavy atom. The highest BCUT2D eigenvalue weighted by Crippen LogP contribution is 2.20. The van der Waals surface area contributed by atoms with E-state index in [1.807, 2.05) is 0 Å². The normalized spacial score (nSPS) is 13.2. The number of carbonyl (C=O) groups is 1. The van der Waals surface area contributed by atoms with Crippen LogP contribution in [0.25, 0.3) is 0 Å². The SMILES string of the molecule is O=C([C@H](CS)Nc1ccccc1)C(F)(F)F. The van der Waals surface area contributed by atoms with Crippen LogP contribution < -0.4 is 5.32 Å². The third kappa shape index (κ3) is 3.44. The van der Waals surface area contributed by atoms with E-state index in [0.29, 0.717) is 5.69 Å². The molecule has 1 aromatic carbocycles. The molecule has 1 atom stereocenters. The first-order valence-corrected chi connectivity index (χ1v) is 5.12. The number of benzene rings is 1. The van der Waals surface area contributed by atoms with Crippen molar-refractivity contribution in [3.8, 4) is 0 Å². The molecule has 16 heavy (non-hydrogen) atoms. The monoisotopic (exact) mass is 249 g/mol. The van der Waals surface area contributed by atoms with Crippen molar-refractivity contribution in [3.63, 3.8) is 0 Å². The molecule has 0 spiro atoms. The largest absolute Gasteiger partial charge is 0.452 e. The molecule has 2 nitrogen and oxygen atoms in total. The van der Waals surface area contributed by atoms with Crippen molar-refractivity contribution in [1.29, 1.82) is 0 Å². The highest BCUT2D eigenvalue weighted by molar-refractivity contribution is 7.80. The molecule has 0 aliphatic rings. The Labute approximate surface area is 96.3 Å². The van der Waals surface area contributed by atoms with E-state index in [1.54, 1.807) is 30.3 Å². The Balaban J connectivity index is 2.74. The summed E-state index contributed by atoms with van der Waals surface area (Å²) in [7, 11) is 0. The number of para-hydroxylation sites is 1. The lowest BCUT2D eigenvalue weighted by Crippen LogP contribution is -2.40. The number of alkyl halides is 3. The molecule has 0 aliphatic heterocycles. The molecular weight excluding hydrogens is 239 g/mol. The van der Waals surface area contributed by atoms with Crippen LogP contribution in [0.1, 0.15) is 0 Å². The van der Waals surface area contributed by atoms with Gasteiger partial charge in [-0.15, -0.1) is 0 Å². The molecule has 0 aliphatic carbocycles. The maximum Gasteiger partial charge on any atom is 0.452 e. The lowest BCUT2D eigenvalue weighted by molar-refractivity contribution is -0.171. The molecule has 1 aromatic rings. The fraction of sp³-hybridized carbons (Fsp3) is 0.300. The highest BCUT2D eigenvalue weighted by atomic mass is 32.1. The Morgan fingerprint density at radius 1 is 1.31 bits per heavy atom. The number of rotatable bonds is 4. The number of anilines is 1. The Hall–Kier alpha value is -1.17. The van der Waals surface area contributed by atoms with Gasteiger partial charge < -0.3 is 5.32 Å². The van der Waals surface area contributed by atoms with E-state index in [0.717, 1.165) is 0 Å². The second-order valence-corrected chi connectivity index (χ2v) is 3.47. The lowest BCUT2D eigenvalue weighted by atomic mass is 10.2. The molecular formula is C10H10F3NOS. The molecule has 0 unspecified atom stereocenters. The Bertz CT molecular complexity index is 353. The molecule has 6 heteroatoms. The molecule has 0 amide bonds. The third-order valence-corrected chi connectivity index (χ3v) is 2.26. The average molecular weight is 249 g/mol. The molecule has 1 N–H and O–H groups in total. The van der Waals surface area contributed by atoms with Gasteiger partial charge in [-0.3, -0.25) is 4.79 Å². The topological polar surface area (TPSA) is 29.1 Å². The third-order valence-electron chi connectivity index (χ3n) is 1.89. The van der Waals surface area contributed by atoms with Gasteiger partial charge in [-0.1, -0.05) is 18.2 Å². The van der Waals surface area contributed by atoms with Crippen LogP contribution in [0.2, 0.25) is 0 Å². The number of carbonyl (C=O) groups excluding carboxylic acids is 1. The van der Waals surface area contributed by atoms with Gasteiger partial charge in [0.05, 0.1) is 0 Å². The quantitative estimate of drug-likeness (QED) is 0.803. The average Bonchev–Trinajstić information content (AvgIpc) is 2.25. The van der Waals surface area contributed by atoms with Gasteiger partial charge in [-0.25, -0.2) is 0 Å². The van der Waals surface area contributed by atoms with E-state index in [1.165, 1.54) is 0 Å². The molecule has 1 rings (SSSR count). The summed E-state index contributed by atoms with van der Waals surface area (Å²) in [5, 5.41) is 2.49. The van der Waals surface area contributed by atoms with Crippen LogP contribution in [0.15, 0.2) is 30.3 Å². The summed E-state index contributed by atoms with van der Waals surface area (Å²) in [6.45, 7) is 0. The van der Waals surface area contributed by atoms with Crippen LogP contribution in [0.4, 0.5) is 18.9 Å². The van der Waals surface area contributed by atoms with E-state index >= 15 is 0 Å². The number of hydrogen-bond acceptors (Lipinski definition) is 3. The van der Waals surface area contributed by atoms with Crippen molar-refractivity contribution in [3.05, 3.63) is 30.3 Å². The molecule has 0 fully saturated rings. The first kappa shape index (κ1) is 12.9. The minimum absolute atomic E-state index is 0.215. The van der Waals surface area contributed by atoms with Crippen LogP contribution in [0.5, 0.6) is 0 Å². The Morgan fingerprint density at radius 3 is 2.31 bits per heavy atom. The van der Waals surface area contributed by atoms with Crippen LogP contribution in [-0.2, 0) is 4.79 Å². The molecule has 0 radical (unpaired) electrons. The zero-order valence-corrected chi connectivity index (χ0v) is 9.05. The number of halogens is 3. The van der Waals surface area contributed by atoms with Crippen molar-refractivity contribution in [1.82, 2.24) is 0 Å². The molecule has 0 saturated heterocycles. The Kier molecular flexibility index (Phi) is 4.23.